The fourth-order valence-electron chi connectivity index (χ4n) is 2.10. The zero-order valence-electron chi connectivity index (χ0n) is 13.2. The van der Waals surface area contributed by atoms with E-state index < -0.39 is 0 Å². The molecule has 2 nitrogen and oxygen atoms in total. The highest BCUT2D eigenvalue weighted by Crippen LogP contribution is 2.28. The molecule has 0 aliphatic rings. The minimum Gasteiger partial charge on any atom is -0.502 e. The number of benzene rings is 1. The lowest BCUT2D eigenvalue weighted by atomic mass is 10.1. The highest BCUT2D eigenvalue weighted by molar-refractivity contribution is 8.00. The van der Waals surface area contributed by atoms with Crippen molar-refractivity contribution in [2.75, 3.05) is 6.61 Å². The average molecular weight is 308 g/mol. The number of aliphatic hydroxyl groups is 1. The van der Waals surface area contributed by atoms with Crippen molar-refractivity contribution in [3.8, 4) is 0 Å². The van der Waals surface area contributed by atoms with Gasteiger partial charge in [0.2, 0.25) is 0 Å². The van der Waals surface area contributed by atoms with Gasteiger partial charge < -0.3 is 9.84 Å². The number of aliphatic hydroxyl groups excluding tert-OH is 1. The number of ether oxygens (including phenoxy) is 1. The van der Waals surface area contributed by atoms with Crippen LogP contribution in [0.3, 0.4) is 0 Å². The second kappa shape index (κ2) is 11.7. The van der Waals surface area contributed by atoms with Crippen LogP contribution in [0.2, 0.25) is 0 Å². The Labute approximate surface area is 133 Å². The topological polar surface area (TPSA) is 29.5 Å². The lowest BCUT2D eigenvalue weighted by Gasteiger charge is -2.17. The molecule has 0 fully saturated rings. The van der Waals surface area contributed by atoms with Crippen LogP contribution in [-0.4, -0.2) is 23.1 Å². The fourth-order valence-corrected chi connectivity index (χ4v) is 3.22. The highest BCUT2D eigenvalue weighted by atomic mass is 32.2. The minimum atomic E-state index is -0.232. The van der Waals surface area contributed by atoms with Gasteiger partial charge in [0.05, 0.1) is 19.0 Å². The molecule has 0 aliphatic heterocycles. The minimum absolute atomic E-state index is 0.232. The summed E-state index contributed by atoms with van der Waals surface area (Å²) in [7, 11) is 0. The Morgan fingerprint density at radius 3 is 2.62 bits per heavy atom. The van der Waals surface area contributed by atoms with Crippen molar-refractivity contribution >= 4 is 11.8 Å². The maximum atomic E-state index is 10.2. The third kappa shape index (κ3) is 8.84. The van der Waals surface area contributed by atoms with Crippen molar-refractivity contribution in [1.82, 2.24) is 0 Å². The summed E-state index contributed by atoms with van der Waals surface area (Å²) >= 11 is 1.78. The van der Waals surface area contributed by atoms with E-state index in [2.05, 4.69) is 25.1 Å². The van der Waals surface area contributed by atoms with E-state index >= 15 is 0 Å². The second-order valence-electron chi connectivity index (χ2n) is 5.14. The summed E-state index contributed by atoms with van der Waals surface area (Å²) in [6.45, 7) is 4.84. The van der Waals surface area contributed by atoms with Gasteiger partial charge in [-0.05, 0) is 38.0 Å². The number of hydrogen-bond acceptors (Lipinski definition) is 3. The largest absolute Gasteiger partial charge is 0.502 e. The van der Waals surface area contributed by atoms with Crippen LogP contribution in [0.25, 0.3) is 0 Å². The molecule has 21 heavy (non-hydrogen) atoms. The highest BCUT2D eigenvalue weighted by Gasteiger charge is 2.13. The fraction of sp³-hybridized carbons (Fsp3) is 0.556. The Kier molecular flexibility index (Phi) is 10.1. The molecule has 0 saturated heterocycles. The van der Waals surface area contributed by atoms with Crippen molar-refractivity contribution in [2.24, 2.45) is 0 Å². The van der Waals surface area contributed by atoms with E-state index in [-0.39, 0.29) is 11.4 Å². The van der Waals surface area contributed by atoms with E-state index in [1.54, 1.807) is 18.0 Å². The number of thioether (sulfide) groups is 1. The van der Waals surface area contributed by atoms with Crippen molar-refractivity contribution in [3.05, 3.63) is 42.7 Å². The van der Waals surface area contributed by atoms with Crippen LogP contribution in [-0.2, 0) is 4.74 Å². The van der Waals surface area contributed by atoms with E-state index in [1.165, 1.54) is 17.7 Å². The van der Waals surface area contributed by atoms with Gasteiger partial charge in [-0.2, -0.15) is 0 Å². The monoisotopic (exact) mass is 308 g/mol. The number of unbranched alkanes of at least 4 members (excludes halogenated alkanes) is 2. The molecule has 0 radical (unpaired) electrons. The molecule has 0 spiro atoms. The van der Waals surface area contributed by atoms with Gasteiger partial charge in [0, 0.05) is 10.1 Å². The third-order valence-corrected chi connectivity index (χ3v) is 4.43. The lowest BCUT2D eigenvalue weighted by Crippen LogP contribution is -2.14. The standard InChI is InChI=1S/C18H28O2S/c1-3-5-7-10-16(19)15-18(13-14-20-4-2)21-17-11-8-6-9-12-17/h6,8-9,11-14,16,18-19H,3-5,7,10,15H2,1-2H3/b14-13+. The maximum Gasteiger partial charge on any atom is 0.0845 e. The van der Waals surface area contributed by atoms with Crippen LogP contribution in [0, 0.1) is 0 Å². The Hall–Kier alpha value is -0.930. The van der Waals surface area contributed by atoms with Gasteiger partial charge in [0.1, 0.15) is 0 Å². The summed E-state index contributed by atoms with van der Waals surface area (Å²) in [6, 6.07) is 10.3. The van der Waals surface area contributed by atoms with Crippen LogP contribution in [0.15, 0.2) is 47.6 Å². The van der Waals surface area contributed by atoms with Gasteiger partial charge in [-0.3, -0.25) is 0 Å². The van der Waals surface area contributed by atoms with Crippen LogP contribution in [0.1, 0.15) is 46.0 Å². The van der Waals surface area contributed by atoms with E-state index in [4.69, 9.17) is 4.74 Å². The second-order valence-corrected chi connectivity index (χ2v) is 6.45. The van der Waals surface area contributed by atoms with E-state index in [9.17, 15) is 5.11 Å². The zero-order valence-corrected chi connectivity index (χ0v) is 14.0. The summed E-state index contributed by atoms with van der Waals surface area (Å²) < 4.78 is 5.31. The Balaban J connectivity index is 2.51. The maximum absolute atomic E-state index is 10.2. The van der Waals surface area contributed by atoms with Crippen molar-refractivity contribution < 1.29 is 9.84 Å². The first-order valence-corrected chi connectivity index (χ1v) is 8.82. The normalized spacial score (nSPS) is 14.2. The van der Waals surface area contributed by atoms with Crippen LogP contribution < -0.4 is 0 Å². The average Bonchev–Trinajstić information content (AvgIpc) is 2.48. The van der Waals surface area contributed by atoms with Gasteiger partial charge in [-0.1, -0.05) is 44.4 Å². The summed E-state index contributed by atoms with van der Waals surface area (Å²) in [6.07, 6.45) is 8.75. The Morgan fingerprint density at radius 2 is 1.95 bits per heavy atom. The van der Waals surface area contributed by atoms with Crippen molar-refractivity contribution in [2.45, 2.75) is 62.2 Å². The summed E-state index contributed by atoms with van der Waals surface area (Å²) in [4.78, 5) is 1.23. The molecule has 1 N–H and O–H groups in total. The molecule has 0 heterocycles. The molecule has 2 atom stereocenters. The summed E-state index contributed by atoms with van der Waals surface area (Å²) in [5.74, 6) is 0. The first kappa shape index (κ1) is 18.1. The number of rotatable bonds is 11. The molecule has 118 valence electrons. The molecule has 1 aromatic carbocycles. The molecule has 0 bridgehead atoms. The van der Waals surface area contributed by atoms with Gasteiger partial charge in [-0.15, -0.1) is 11.8 Å². The third-order valence-electron chi connectivity index (χ3n) is 3.23. The molecule has 2 unspecified atom stereocenters. The smallest absolute Gasteiger partial charge is 0.0845 e. The molecule has 3 heteroatoms. The van der Waals surface area contributed by atoms with Crippen molar-refractivity contribution in [1.29, 1.82) is 0 Å². The van der Waals surface area contributed by atoms with Gasteiger partial charge in [0.25, 0.3) is 0 Å². The van der Waals surface area contributed by atoms with E-state index in [1.807, 2.05) is 25.1 Å². The number of hydrogen-bond donors (Lipinski definition) is 1. The molecule has 0 amide bonds. The van der Waals surface area contributed by atoms with Crippen LogP contribution >= 0.6 is 11.8 Å². The van der Waals surface area contributed by atoms with Gasteiger partial charge >= 0.3 is 0 Å². The molecular formula is C18H28O2S. The quantitative estimate of drug-likeness (QED) is 0.353. The molecule has 1 aromatic rings. The first-order chi connectivity index (χ1) is 10.3. The van der Waals surface area contributed by atoms with E-state index in [0.29, 0.717) is 6.61 Å². The van der Waals surface area contributed by atoms with E-state index in [0.717, 1.165) is 19.3 Å². The molecular weight excluding hydrogens is 280 g/mol. The van der Waals surface area contributed by atoms with Gasteiger partial charge in [0.15, 0.2) is 0 Å². The lowest BCUT2D eigenvalue weighted by molar-refractivity contribution is 0.153. The molecule has 0 saturated carbocycles. The first-order valence-electron chi connectivity index (χ1n) is 7.94. The van der Waals surface area contributed by atoms with Crippen molar-refractivity contribution in [3.63, 3.8) is 0 Å². The predicted molar refractivity (Wildman–Crippen MR) is 91.6 cm³/mol. The van der Waals surface area contributed by atoms with Crippen LogP contribution in [0.4, 0.5) is 0 Å². The Morgan fingerprint density at radius 1 is 1.19 bits per heavy atom. The van der Waals surface area contributed by atoms with Crippen LogP contribution in [0.5, 0.6) is 0 Å². The van der Waals surface area contributed by atoms with Gasteiger partial charge in [-0.25, -0.2) is 0 Å². The Bertz CT molecular complexity index is 378. The molecule has 0 aliphatic carbocycles. The summed E-state index contributed by atoms with van der Waals surface area (Å²) in [5.41, 5.74) is 0. The zero-order chi connectivity index (χ0) is 15.3. The molecule has 0 aromatic heterocycles. The summed E-state index contributed by atoms with van der Waals surface area (Å²) in [5, 5.41) is 10.4. The SMILES string of the molecule is CCCCCC(O)CC(/C=C/OCC)Sc1ccccc1. The molecule has 1 rings (SSSR count). The predicted octanol–water partition coefficient (Wildman–Crippen LogP) is 5.03.